The van der Waals surface area contributed by atoms with Gasteiger partial charge in [-0.15, -0.1) is 5.10 Å². The molecule has 0 bridgehead atoms. The highest BCUT2D eigenvalue weighted by atomic mass is 35.5. The zero-order valence-corrected chi connectivity index (χ0v) is 12.4. The van der Waals surface area contributed by atoms with Crippen molar-refractivity contribution in [2.24, 2.45) is 5.92 Å². The van der Waals surface area contributed by atoms with Crippen LogP contribution in [-0.2, 0) is 4.79 Å². The Morgan fingerprint density at radius 2 is 2.19 bits per heavy atom. The number of hydrogen-bond donors (Lipinski definition) is 1. The topological polar surface area (TPSA) is 80.9 Å². The Morgan fingerprint density at radius 1 is 1.43 bits per heavy atom. The van der Waals surface area contributed by atoms with Gasteiger partial charge in [0.1, 0.15) is 0 Å². The van der Waals surface area contributed by atoms with Crippen LogP contribution in [0.4, 0.5) is 0 Å². The molecule has 0 saturated heterocycles. The molecule has 0 radical (unpaired) electrons. The van der Waals surface area contributed by atoms with E-state index >= 15 is 0 Å². The number of rotatable bonds is 5. The number of aliphatic carboxylic acids is 1. The number of hydrogen-bond acceptors (Lipinski definition) is 4. The lowest BCUT2D eigenvalue weighted by molar-refractivity contribution is -0.138. The van der Waals surface area contributed by atoms with Gasteiger partial charge in [-0.3, -0.25) is 4.79 Å². The molecule has 1 atom stereocenters. The molecule has 1 unspecified atom stereocenters. The molecule has 0 amide bonds. The average Bonchev–Trinajstić information content (AvgIpc) is 3.16. The first-order chi connectivity index (χ1) is 10.1. The maximum atomic E-state index is 11.1. The number of carboxylic acid groups (broad SMARTS) is 1. The van der Waals surface area contributed by atoms with Gasteiger partial charge in [-0.25, -0.2) is 4.68 Å². The van der Waals surface area contributed by atoms with Gasteiger partial charge in [-0.05, 0) is 47.4 Å². The summed E-state index contributed by atoms with van der Waals surface area (Å²) in [6, 6.07) is 4.76. The maximum absolute atomic E-state index is 11.1. The number of carbonyl (C=O) groups is 1. The van der Waals surface area contributed by atoms with Gasteiger partial charge in [0.05, 0.1) is 17.5 Å². The third kappa shape index (κ3) is 3.01. The van der Waals surface area contributed by atoms with E-state index in [4.69, 9.17) is 28.3 Å². The minimum atomic E-state index is -0.870. The second kappa shape index (κ2) is 5.61. The summed E-state index contributed by atoms with van der Waals surface area (Å²) in [6.07, 6.45) is 1.96. The third-order valence-electron chi connectivity index (χ3n) is 3.53. The SMILES string of the molecule is O=C(O)CC(C1CC1)n1nnnc1-c1cc(Cl)ccc1Cl. The smallest absolute Gasteiger partial charge is 0.305 e. The summed E-state index contributed by atoms with van der Waals surface area (Å²) in [5.74, 6) is -0.132. The Hall–Kier alpha value is -1.66. The highest BCUT2D eigenvalue weighted by molar-refractivity contribution is 6.35. The monoisotopic (exact) mass is 326 g/mol. The zero-order chi connectivity index (χ0) is 15.0. The predicted octanol–water partition coefficient (Wildman–Crippen LogP) is 3.07. The van der Waals surface area contributed by atoms with Crippen molar-refractivity contribution in [3.8, 4) is 11.4 Å². The van der Waals surface area contributed by atoms with Crippen LogP contribution in [0, 0.1) is 5.92 Å². The lowest BCUT2D eigenvalue weighted by Crippen LogP contribution is -2.18. The molecule has 1 N–H and O–H groups in total. The number of nitrogens with zero attached hydrogens (tertiary/aromatic N) is 4. The highest BCUT2D eigenvalue weighted by Crippen LogP contribution is 2.43. The van der Waals surface area contributed by atoms with E-state index in [1.807, 2.05) is 0 Å². The molecule has 0 aliphatic heterocycles. The lowest BCUT2D eigenvalue weighted by Gasteiger charge is -2.16. The summed E-state index contributed by atoms with van der Waals surface area (Å²) in [5.41, 5.74) is 0.602. The van der Waals surface area contributed by atoms with Crippen molar-refractivity contribution in [3.05, 3.63) is 28.2 Å². The van der Waals surface area contributed by atoms with E-state index in [0.29, 0.717) is 27.4 Å². The molecule has 6 nitrogen and oxygen atoms in total. The van der Waals surface area contributed by atoms with Gasteiger partial charge in [0, 0.05) is 10.6 Å². The quantitative estimate of drug-likeness (QED) is 0.913. The molecular weight excluding hydrogens is 315 g/mol. The molecule has 1 saturated carbocycles. The molecule has 2 aromatic rings. The van der Waals surface area contributed by atoms with Gasteiger partial charge in [0.15, 0.2) is 5.82 Å². The highest BCUT2D eigenvalue weighted by Gasteiger charge is 2.36. The second-order valence-electron chi connectivity index (χ2n) is 5.07. The predicted molar refractivity (Wildman–Crippen MR) is 77.3 cm³/mol. The van der Waals surface area contributed by atoms with E-state index in [0.717, 1.165) is 12.8 Å². The summed E-state index contributed by atoms with van der Waals surface area (Å²) in [5, 5.41) is 21.7. The van der Waals surface area contributed by atoms with E-state index in [1.54, 1.807) is 22.9 Å². The molecule has 0 spiro atoms. The molecule has 1 heterocycles. The van der Waals surface area contributed by atoms with Crippen molar-refractivity contribution in [2.75, 3.05) is 0 Å². The number of halogens is 2. The van der Waals surface area contributed by atoms with Crippen LogP contribution in [0.3, 0.4) is 0 Å². The Kier molecular flexibility index (Phi) is 3.82. The van der Waals surface area contributed by atoms with Crippen molar-refractivity contribution in [1.29, 1.82) is 0 Å². The number of carboxylic acids is 1. The van der Waals surface area contributed by atoms with Crippen molar-refractivity contribution in [1.82, 2.24) is 20.2 Å². The van der Waals surface area contributed by atoms with E-state index in [-0.39, 0.29) is 12.5 Å². The van der Waals surface area contributed by atoms with E-state index in [9.17, 15) is 4.79 Å². The molecule has 1 aromatic carbocycles. The fraction of sp³-hybridized carbons (Fsp3) is 0.385. The number of benzene rings is 1. The fourth-order valence-corrected chi connectivity index (χ4v) is 2.75. The average molecular weight is 327 g/mol. The summed E-state index contributed by atoms with van der Waals surface area (Å²) in [4.78, 5) is 11.1. The van der Waals surface area contributed by atoms with Crippen LogP contribution in [0.1, 0.15) is 25.3 Å². The van der Waals surface area contributed by atoms with Gasteiger partial charge in [-0.2, -0.15) is 0 Å². The molecule has 1 aliphatic rings. The Morgan fingerprint density at radius 3 is 2.86 bits per heavy atom. The van der Waals surface area contributed by atoms with Crippen LogP contribution in [0.2, 0.25) is 10.0 Å². The summed E-state index contributed by atoms with van der Waals surface area (Å²) in [6.45, 7) is 0. The second-order valence-corrected chi connectivity index (χ2v) is 5.92. The largest absolute Gasteiger partial charge is 0.481 e. The summed E-state index contributed by atoms with van der Waals surface area (Å²) >= 11 is 12.2. The van der Waals surface area contributed by atoms with Gasteiger partial charge in [0.25, 0.3) is 0 Å². The molecular formula is C13H12Cl2N4O2. The first-order valence-corrected chi connectivity index (χ1v) is 7.27. The molecule has 1 aliphatic carbocycles. The number of tetrazole rings is 1. The Balaban J connectivity index is 2.03. The first-order valence-electron chi connectivity index (χ1n) is 6.51. The molecule has 1 fully saturated rings. The van der Waals surface area contributed by atoms with Crippen LogP contribution < -0.4 is 0 Å². The summed E-state index contributed by atoms with van der Waals surface area (Å²) < 4.78 is 1.56. The number of aromatic nitrogens is 4. The van der Waals surface area contributed by atoms with Gasteiger partial charge in [0.2, 0.25) is 0 Å². The lowest BCUT2D eigenvalue weighted by atomic mass is 10.1. The molecule has 1 aromatic heterocycles. The van der Waals surface area contributed by atoms with E-state index in [1.165, 1.54) is 0 Å². The Bertz CT molecular complexity index is 685. The summed E-state index contributed by atoms with van der Waals surface area (Å²) in [7, 11) is 0. The molecule has 21 heavy (non-hydrogen) atoms. The zero-order valence-electron chi connectivity index (χ0n) is 10.9. The van der Waals surface area contributed by atoms with Crippen LogP contribution >= 0.6 is 23.2 Å². The van der Waals surface area contributed by atoms with Gasteiger partial charge < -0.3 is 5.11 Å². The van der Waals surface area contributed by atoms with Crippen molar-refractivity contribution < 1.29 is 9.90 Å². The normalized spacial score (nSPS) is 15.9. The third-order valence-corrected chi connectivity index (χ3v) is 4.09. The van der Waals surface area contributed by atoms with E-state index < -0.39 is 5.97 Å². The molecule has 3 rings (SSSR count). The first kappa shape index (κ1) is 14.3. The fourth-order valence-electron chi connectivity index (χ4n) is 2.38. The van der Waals surface area contributed by atoms with Crippen LogP contribution in [0.15, 0.2) is 18.2 Å². The maximum Gasteiger partial charge on any atom is 0.305 e. The minimum absolute atomic E-state index is 0.0130. The molecule has 8 heteroatoms. The van der Waals surface area contributed by atoms with E-state index in [2.05, 4.69) is 15.5 Å². The minimum Gasteiger partial charge on any atom is -0.481 e. The van der Waals surface area contributed by atoms with Gasteiger partial charge >= 0.3 is 5.97 Å². The van der Waals surface area contributed by atoms with Crippen molar-refractivity contribution in [2.45, 2.75) is 25.3 Å². The van der Waals surface area contributed by atoms with Crippen molar-refractivity contribution in [3.63, 3.8) is 0 Å². The van der Waals surface area contributed by atoms with Gasteiger partial charge in [-0.1, -0.05) is 23.2 Å². The standard InChI is InChI=1S/C13H12Cl2N4O2/c14-8-3-4-10(15)9(5-8)13-16-17-18-19(13)11(6-12(20)21)7-1-2-7/h3-5,7,11H,1-2,6H2,(H,20,21). The Labute approximate surface area is 130 Å². The van der Waals surface area contributed by atoms with Crippen LogP contribution in [0.25, 0.3) is 11.4 Å². The molecule has 110 valence electrons. The van der Waals surface area contributed by atoms with Crippen LogP contribution in [0.5, 0.6) is 0 Å². The van der Waals surface area contributed by atoms with Crippen LogP contribution in [-0.4, -0.2) is 31.3 Å². The van der Waals surface area contributed by atoms with Crippen molar-refractivity contribution >= 4 is 29.2 Å².